The van der Waals surface area contributed by atoms with Crippen molar-refractivity contribution in [2.75, 3.05) is 6.54 Å². The zero-order chi connectivity index (χ0) is 11.5. The maximum absolute atomic E-state index is 5.82. The van der Waals surface area contributed by atoms with Gasteiger partial charge in [-0.1, -0.05) is 13.8 Å². The first-order valence-electron chi connectivity index (χ1n) is 6.38. The Bertz CT molecular complexity index is 191. The lowest BCUT2D eigenvalue weighted by atomic mass is 9.73. The van der Waals surface area contributed by atoms with E-state index in [1.54, 1.807) is 0 Å². The van der Waals surface area contributed by atoms with Gasteiger partial charge in [-0.25, -0.2) is 0 Å². The lowest BCUT2D eigenvalue weighted by Gasteiger charge is -2.40. The van der Waals surface area contributed by atoms with Gasteiger partial charge in [0.25, 0.3) is 0 Å². The summed E-state index contributed by atoms with van der Waals surface area (Å²) >= 11 is 0. The highest BCUT2D eigenvalue weighted by Crippen LogP contribution is 2.35. The summed E-state index contributed by atoms with van der Waals surface area (Å²) in [6.45, 7) is 10.0. The minimum Gasteiger partial charge on any atom is -0.330 e. The molecular formula is C13H28N2. The monoisotopic (exact) mass is 212 g/mol. The third kappa shape index (κ3) is 3.76. The molecule has 0 amide bonds. The lowest BCUT2D eigenvalue weighted by molar-refractivity contribution is 0.170. The van der Waals surface area contributed by atoms with Crippen molar-refractivity contribution < 1.29 is 0 Å². The van der Waals surface area contributed by atoms with Crippen molar-refractivity contribution in [3.05, 3.63) is 0 Å². The van der Waals surface area contributed by atoms with Gasteiger partial charge in [0.05, 0.1) is 0 Å². The van der Waals surface area contributed by atoms with Gasteiger partial charge in [0.2, 0.25) is 0 Å². The highest BCUT2D eigenvalue weighted by Gasteiger charge is 2.31. The molecule has 15 heavy (non-hydrogen) atoms. The van der Waals surface area contributed by atoms with Gasteiger partial charge in [0.15, 0.2) is 0 Å². The molecule has 0 saturated heterocycles. The van der Waals surface area contributed by atoms with Crippen molar-refractivity contribution in [3.8, 4) is 0 Å². The van der Waals surface area contributed by atoms with Crippen molar-refractivity contribution in [2.24, 2.45) is 11.1 Å². The average molecular weight is 212 g/mol. The number of hydrogen-bond acceptors (Lipinski definition) is 2. The molecule has 3 N–H and O–H groups in total. The molecule has 1 fully saturated rings. The Balaban J connectivity index is 2.38. The van der Waals surface area contributed by atoms with Crippen LogP contribution < -0.4 is 11.1 Å². The van der Waals surface area contributed by atoms with Crippen LogP contribution in [0.15, 0.2) is 0 Å². The van der Waals surface area contributed by atoms with E-state index in [4.69, 9.17) is 5.73 Å². The summed E-state index contributed by atoms with van der Waals surface area (Å²) in [6.07, 6.45) is 6.33. The third-order valence-electron chi connectivity index (χ3n) is 4.16. The van der Waals surface area contributed by atoms with Crippen molar-refractivity contribution >= 4 is 0 Å². The molecular weight excluding hydrogens is 184 g/mol. The van der Waals surface area contributed by atoms with Gasteiger partial charge < -0.3 is 11.1 Å². The molecule has 2 nitrogen and oxygen atoms in total. The van der Waals surface area contributed by atoms with Crippen LogP contribution in [0.5, 0.6) is 0 Å². The van der Waals surface area contributed by atoms with E-state index in [2.05, 4.69) is 33.0 Å². The van der Waals surface area contributed by atoms with Gasteiger partial charge in [0.1, 0.15) is 0 Å². The van der Waals surface area contributed by atoms with Crippen LogP contribution in [0.3, 0.4) is 0 Å². The van der Waals surface area contributed by atoms with Crippen LogP contribution in [-0.4, -0.2) is 18.1 Å². The van der Waals surface area contributed by atoms with Gasteiger partial charge in [0, 0.05) is 11.6 Å². The van der Waals surface area contributed by atoms with Crippen LogP contribution in [0, 0.1) is 5.41 Å². The Kier molecular flexibility index (Phi) is 4.19. The van der Waals surface area contributed by atoms with E-state index in [-0.39, 0.29) is 0 Å². The molecule has 0 atom stereocenters. The summed E-state index contributed by atoms with van der Waals surface area (Å²) in [6, 6.07) is 0.708. The van der Waals surface area contributed by atoms with Crippen LogP contribution in [0.4, 0.5) is 0 Å². The standard InChI is InChI=1S/C13H28N2/c1-5-12(2,3)15-11-6-8-13(4,10-14)9-7-11/h11,15H,5-10,14H2,1-4H3. The lowest BCUT2D eigenvalue weighted by Crippen LogP contribution is -2.48. The number of rotatable bonds is 4. The number of nitrogens with one attached hydrogen (secondary N) is 1. The second-order valence-corrected chi connectivity index (χ2v) is 6.17. The zero-order valence-electron chi connectivity index (χ0n) is 10.9. The fourth-order valence-corrected chi connectivity index (χ4v) is 2.32. The first-order chi connectivity index (χ1) is 6.91. The first kappa shape index (κ1) is 13.0. The summed E-state index contributed by atoms with van der Waals surface area (Å²) in [5.41, 5.74) is 6.52. The fraction of sp³-hybridized carbons (Fsp3) is 1.00. The van der Waals surface area contributed by atoms with Crippen LogP contribution >= 0.6 is 0 Å². The molecule has 0 aliphatic heterocycles. The SMILES string of the molecule is CCC(C)(C)NC1CCC(C)(CN)CC1. The molecule has 0 aromatic carbocycles. The summed E-state index contributed by atoms with van der Waals surface area (Å²) in [4.78, 5) is 0. The number of hydrogen-bond donors (Lipinski definition) is 2. The smallest absolute Gasteiger partial charge is 0.0125 e. The van der Waals surface area contributed by atoms with Crippen LogP contribution in [0.2, 0.25) is 0 Å². The van der Waals surface area contributed by atoms with E-state index in [0.717, 1.165) is 6.54 Å². The van der Waals surface area contributed by atoms with Crippen molar-refractivity contribution in [1.82, 2.24) is 5.32 Å². The van der Waals surface area contributed by atoms with E-state index < -0.39 is 0 Å². The second-order valence-electron chi connectivity index (χ2n) is 6.17. The number of nitrogens with two attached hydrogens (primary N) is 1. The normalized spacial score (nSPS) is 33.0. The van der Waals surface area contributed by atoms with E-state index in [0.29, 0.717) is 17.0 Å². The molecule has 1 aliphatic rings. The zero-order valence-corrected chi connectivity index (χ0v) is 10.9. The second kappa shape index (κ2) is 4.84. The topological polar surface area (TPSA) is 38.0 Å². The minimum atomic E-state index is 0.293. The molecule has 90 valence electrons. The molecule has 0 aromatic heterocycles. The predicted molar refractivity (Wildman–Crippen MR) is 66.9 cm³/mol. The van der Waals surface area contributed by atoms with E-state index >= 15 is 0 Å². The maximum atomic E-state index is 5.82. The highest BCUT2D eigenvalue weighted by atomic mass is 15.0. The van der Waals surface area contributed by atoms with Crippen LogP contribution in [0.1, 0.15) is 59.8 Å². The molecule has 1 saturated carbocycles. The first-order valence-corrected chi connectivity index (χ1v) is 6.38. The molecule has 1 aliphatic carbocycles. The summed E-state index contributed by atoms with van der Waals surface area (Å²) in [5, 5.41) is 3.77. The quantitative estimate of drug-likeness (QED) is 0.752. The van der Waals surface area contributed by atoms with Gasteiger partial charge in [-0.2, -0.15) is 0 Å². The molecule has 0 radical (unpaired) electrons. The Morgan fingerprint density at radius 3 is 2.27 bits per heavy atom. The summed E-state index contributed by atoms with van der Waals surface area (Å²) in [7, 11) is 0. The maximum Gasteiger partial charge on any atom is 0.0125 e. The Morgan fingerprint density at radius 2 is 1.87 bits per heavy atom. The van der Waals surface area contributed by atoms with Crippen LogP contribution in [0.25, 0.3) is 0 Å². The molecule has 0 bridgehead atoms. The minimum absolute atomic E-state index is 0.293. The average Bonchev–Trinajstić information content (AvgIpc) is 2.22. The molecule has 0 aromatic rings. The van der Waals surface area contributed by atoms with Crippen molar-refractivity contribution in [2.45, 2.75) is 71.4 Å². The predicted octanol–water partition coefficient (Wildman–Crippen LogP) is 2.67. The van der Waals surface area contributed by atoms with Crippen molar-refractivity contribution in [1.29, 1.82) is 0 Å². The van der Waals surface area contributed by atoms with Gasteiger partial charge in [-0.05, 0) is 57.9 Å². The van der Waals surface area contributed by atoms with Crippen LogP contribution in [-0.2, 0) is 0 Å². The molecule has 0 heterocycles. The van der Waals surface area contributed by atoms with Crippen molar-refractivity contribution in [3.63, 3.8) is 0 Å². The molecule has 1 rings (SSSR count). The Hall–Kier alpha value is -0.0800. The summed E-state index contributed by atoms with van der Waals surface area (Å²) < 4.78 is 0. The summed E-state index contributed by atoms with van der Waals surface area (Å²) in [5.74, 6) is 0. The van der Waals surface area contributed by atoms with Gasteiger partial charge in [-0.3, -0.25) is 0 Å². The fourth-order valence-electron chi connectivity index (χ4n) is 2.32. The van der Waals surface area contributed by atoms with E-state index in [9.17, 15) is 0 Å². The Morgan fingerprint density at radius 1 is 1.33 bits per heavy atom. The molecule has 0 spiro atoms. The molecule has 0 unspecified atom stereocenters. The van der Waals surface area contributed by atoms with Gasteiger partial charge >= 0.3 is 0 Å². The Labute approximate surface area is 95.0 Å². The highest BCUT2D eigenvalue weighted by molar-refractivity contribution is 4.89. The largest absolute Gasteiger partial charge is 0.330 e. The molecule has 2 heteroatoms. The van der Waals surface area contributed by atoms with E-state index in [1.807, 2.05) is 0 Å². The van der Waals surface area contributed by atoms with Gasteiger partial charge in [-0.15, -0.1) is 0 Å². The van der Waals surface area contributed by atoms with E-state index in [1.165, 1.54) is 32.1 Å². The third-order valence-corrected chi connectivity index (χ3v) is 4.16.